The standard InChI is InChI=1S/C25H36O5/c1-14(2)10-20(27)30-13-24(5)8-7-9-25(6)19(24)12-18(26)17-11-16(15(3)4)22(28)23(29)21(17)25/h11,14-15,19,28-29H,7-10,12-13H2,1-6H3/t19-,24+,25-/m0/s1. The van der Waals surface area contributed by atoms with Crippen LogP contribution >= 0.6 is 0 Å². The molecule has 30 heavy (non-hydrogen) atoms. The van der Waals surface area contributed by atoms with E-state index in [0.29, 0.717) is 29.5 Å². The van der Waals surface area contributed by atoms with Crippen LogP contribution in [0.3, 0.4) is 0 Å². The van der Waals surface area contributed by atoms with Crippen molar-refractivity contribution in [2.45, 2.75) is 85.0 Å². The van der Waals surface area contributed by atoms with E-state index in [4.69, 9.17) is 4.74 Å². The zero-order valence-electron chi connectivity index (χ0n) is 19.2. The van der Waals surface area contributed by atoms with Gasteiger partial charge >= 0.3 is 5.97 Å². The fourth-order valence-electron chi connectivity index (χ4n) is 5.77. The van der Waals surface area contributed by atoms with Crippen molar-refractivity contribution in [2.24, 2.45) is 17.3 Å². The average Bonchev–Trinajstić information content (AvgIpc) is 2.63. The Morgan fingerprint density at radius 3 is 2.43 bits per heavy atom. The van der Waals surface area contributed by atoms with Crippen LogP contribution in [0.4, 0.5) is 0 Å². The molecule has 1 aromatic carbocycles. The van der Waals surface area contributed by atoms with Crippen LogP contribution in [-0.2, 0) is 14.9 Å². The molecule has 2 aliphatic rings. The van der Waals surface area contributed by atoms with Gasteiger partial charge in [-0.2, -0.15) is 0 Å². The van der Waals surface area contributed by atoms with E-state index in [1.165, 1.54) is 0 Å². The molecular weight excluding hydrogens is 380 g/mol. The molecular formula is C25H36O5. The van der Waals surface area contributed by atoms with E-state index in [1.54, 1.807) is 6.07 Å². The second kappa shape index (κ2) is 7.90. The number of phenolic OH excluding ortho intramolecular Hbond substituents is 2. The van der Waals surface area contributed by atoms with Gasteiger partial charge in [-0.3, -0.25) is 9.59 Å². The summed E-state index contributed by atoms with van der Waals surface area (Å²) in [7, 11) is 0. The van der Waals surface area contributed by atoms with Crippen molar-refractivity contribution in [1.82, 2.24) is 0 Å². The molecule has 3 atom stereocenters. The van der Waals surface area contributed by atoms with Gasteiger partial charge in [0.25, 0.3) is 0 Å². The van der Waals surface area contributed by atoms with Crippen LogP contribution in [0, 0.1) is 17.3 Å². The van der Waals surface area contributed by atoms with Crippen molar-refractivity contribution >= 4 is 11.8 Å². The van der Waals surface area contributed by atoms with Gasteiger partial charge in [0.15, 0.2) is 17.3 Å². The molecule has 2 N–H and O–H groups in total. The average molecular weight is 417 g/mol. The molecule has 0 spiro atoms. The van der Waals surface area contributed by atoms with E-state index in [-0.39, 0.29) is 53.0 Å². The largest absolute Gasteiger partial charge is 0.504 e. The lowest BCUT2D eigenvalue weighted by Crippen LogP contribution is -2.52. The smallest absolute Gasteiger partial charge is 0.306 e. The van der Waals surface area contributed by atoms with Crippen molar-refractivity contribution in [3.63, 3.8) is 0 Å². The Bertz CT molecular complexity index is 856. The van der Waals surface area contributed by atoms with Crippen LogP contribution in [0.1, 0.15) is 101 Å². The van der Waals surface area contributed by atoms with Crippen LogP contribution < -0.4 is 0 Å². The summed E-state index contributed by atoms with van der Waals surface area (Å²) in [6.07, 6.45) is 3.34. The molecule has 0 radical (unpaired) electrons. The van der Waals surface area contributed by atoms with E-state index in [0.717, 1.165) is 19.3 Å². The van der Waals surface area contributed by atoms with Crippen LogP contribution in [0.15, 0.2) is 6.07 Å². The quantitative estimate of drug-likeness (QED) is 0.492. The lowest BCUT2D eigenvalue weighted by Gasteiger charge is -2.54. The number of phenols is 2. The Kier molecular flexibility index (Phi) is 5.96. The molecule has 1 aromatic rings. The van der Waals surface area contributed by atoms with Gasteiger partial charge in [0.1, 0.15) is 0 Å². The first-order chi connectivity index (χ1) is 13.9. The first kappa shape index (κ1) is 22.6. The number of ketones is 1. The summed E-state index contributed by atoms with van der Waals surface area (Å²) in [5.41, 5.74) is 0.894. The number of hydrogen-bond acceptors (Lipinski definition) is 5. The number of hydrogen-bond donors (Lipinski definition) is 2. The summed E-state index contributed by atoms with van der Waals surface area (Å²) in [5.74, 6) is -0.321. The van der Waals surface area contributed by atoms with Gasteiger partial charge in [-0.1, -0.05) is 48.0 Å². The number of carbonyl (C=O) groups excluding carboxylic acids is 2. The Morgan fingerprint density at radius 2 is 1.83 bits per heavy atom. The minimum absolute atomic E-state index is 0.00322. The number of fused-ring (bicyclic) bond motifs is 3. The van der Waals surface area contributed by atoms with E-state index < -0.39 is 5.41 Å². The van der Waals surface area contributed by atoms with Gasteiger partial charge in [0.05, 0.1) is 6.61 Å². The highest BCUT2D eigenvalue weighted by Crippen LogP contribution is 2.60. The maximum atomic E-state index is 13.2. The Hall–Kier alpha value is -2.04. The first-order valence-electron chi connectivity index (χ1n) is 11.2. The second-order valence-electron chi connectivity index (χ2n) is 10.6. The number of carbonyl (C=O) groups is 2. The fraction of sp³-hybridized carbons (Fsp3) is 0.680. The summed E-state index contributed by atoms with van der Waals surface area (Å²) < 4.78 is 5.65. The van der Waals surface area contributed by atoms with Gasteiger partial charge in [0.2, 0.25) is 0 Å². The van der Waals surface area contributed by atoms with Gasteiger partial charge in [-0.25, -0.2) is 0 Å². The molecule has 1 fully saturated rings. The summed E-state index contributed by atoms with van der Waals surface area (Å²) in [6, 6.07) is 1.77. The molecule has 0 unspecified atom stereocenters. The molecule has 0 heterocycles. The van der Waals surface area contributed by atoms with Gasteiger partial charge in [0, 0.05) is 40.4 Å². The molecule has 2 aliphatic carbocycles. The van der Waals surface area contributed by atoms with Crippen LogP contribution in [0.5, 0.6) is 11.5 Å². The highest BCUT2D eigenvalue weighted by Gasteiger charge is 2.55. The first-order valence-corrected chi connectivity index (χ1v) is 11.2. The van der Waals surface area contributed by atoms with Crippen LogP contribution in [0.2, 0.25) is 0 Å². The molecule has 0 bridgehead atoms. The molecule has 166 valence electrons. The van der Waals surface area contributed by atoms with Crippen molar-refractivity contribution in [3.05, 3.63) is 22.8 Å². The maximum Gasteiger partial charge on any atom is 0.306 e. The summed E-state index contributed by atoms with van der Waals surface area (Å²) in [6.45, 7) is 12.3. The third-order valence-electron chi connectivity index (χ3n) is 7.38. The van der Waals surface area contributed by atoms with Crippen molar-refractivity contribution in [3.8, 4) is 11.5 Å². The highest BCUT2D eigenvalue weighted by molar-refractivity contribution is 6.01. The molecule has 0 saturated heterocycles. The second-order valence-corrected chi connectivity index (χ2v) is 10.6. The van der Waals surface area contributed by atoms with Crippen molar-refractivity contribution in [2.75, 3.05) is 6.61 Å². The maximum absolute atomic E-state index is 13.2. The van der Waals surface area contributed by atoms with E-state index >= 15 is 0 Å². The number of esters is 1. The molecule has 5 nitrogen and oxygen atoms in total. The predicted octanol–water partition coefficient (Wildman–Crippen LogP) is 5.46. The summed E-state index contributed by atoms with van der Waals surface area (Å²) in [5, 5.41) is 21.7. The number of ether oxygens (including phenoxy) is 1. The molecule has 0 amide bonds. The third-order valence-corrected chi connectivity index (χ3v) is 7.38. The Morgan fingerprint density at radius 1 is 1.17 bits per heavy atom. The molecule has 1 saturated carbocycles. The zero-order chi connectivity index (χ0) is 22.4. The lowest BCUT2D eigenvalue weighted by molar-refractivity contribution is -0.151. The van der Waals surface area contributed by atoms with Crippen LogP contribution in [-0.4, -0.2) is 28.6 Å². The minimum atomic E-state index is -0.461. The van der Waals surface area contributed by atoms with E-state index in [1.807, 2.05) is 27.7 Å². The minimum Gasteiger partial charge on any atom is -0.504 e. The summed E-state index contributed by atoms with van der Waals surface area (Å²) in [4.78, 5) is 25.4. The number of aromatic hydroxyl groups is 2. The zero-order valence-corrected chi connectivity index (χ0v) is 19.2. The van der Waals surface area contributed by atoms with Gasteiger partial charge in [-0.05, 0) is 36.7 Å². The SMILES string of the molecule is CC(C)CC(=O)OC[C@@]1(C)CCC[C@]2(C)c3c(cc(C(C)C)c(O)c3O)C(=O)C[C@@H]12. The van der Waals surface area contributed by atoms with E-state index in [2.05, 4.69) is 13.8 Å². The summed E-state index contributed by atoms with van der Waals surface area (Å²) >= 11 is 0. The van der Waals surface area contributed by atoms with E-state index in [9.17, 15) is 19.8 Å². The van der Waals surface area contributed by atoms with Crippen molar-refractivity contribution < 1.29 is 24.5 Å². The monoisotopic (exact) mass is 416 g/mol. The number of Topliss-reactive ketones (excluding diaryl/α,β-unsaturated/α-hetero) is 1. The molecule has 0 aliphatic heterocycles. The molecule has 5 heteroatoms. The molecule has 3 rings (SSSR count). The predicted molar refractivity (Wildman–Crippen MR) is 116 cm³/mol. The third kappa shape index (κ3) is 3.72. The van der Waals surface area contributed by atoms with Crippen LogP contribution in [0.25, 0.3) is 0 Å². The number of benzene rings is 1. The lowest BCUT2D eigenvalue weighted by atomic mass is 9.49. The number of rotatable bonds is 5. The van der Waals surface area contributed by atoms with Crippen molar-refractivity contribution in [1.29, 1.82) is 0 Å². The highest BCUT2D eigenvalue weighted by atomic mass is 16.5. The van der Waals surface area contributed by atoms with Gasteiger partial charge in [-0.15, -0.1) is 0 Å². The van der Waals surface area contributed by atoms with Gasteiger partial charge < -0.3 is 14.9 Å². The molecule has 0 aromatic heterocycles. The Balaban J connectivity index is 2.01. The topological polar surface area (TPSA) is 83.8 Å². The Labute approximate surface area is 179 Å². The fourth-order valence-corrected chi connectivity index (χ4v) is 5.77. The normalized spacial score (nSPS) is 28.4.